The summed E-state index contributed by atoms with van der Waals surface area (Å²) in [6, 6.07) is 3.16. The van der Waals surface area contributed by atoms with Gasteiger partial charge in [0.1, 0.15) is 0 Å². The molecule has 0 unspecified atom stereocenters. The Bertz CT molecular complexity index is 618. The number of hydrogen-bond acceptors (Lipinski definition) is 5. The highest BCUT2D eigenvalue weighted by Crippen LogP contribution is 2.38. The highest BCUT2D eigenvalue weighted by atomic mass is 16.6. The molecule has 2 atom stereocenters. The fourth-order valence-electron chi connectivity index (χ4n) is 2.94. The van der Waals surface area contributed by atoms with Gasteiger partial charge in [-0.3, -0.25) is 9.69 Å². The maximum atomic E-state index is 12.6. The van der Waals surface area contributed by atoms with Gasteiger partial charge in [-0.1, -0.05) is 6.92 Å². The molecule has 2 amide bonds. The van der Waals surface area contributed by atoms with E-state index < -0.39 is 6.09 Å². The molecule has 0 saturated carbocycles. The molecule has 0 bridgehead atoms. The number of nitrogens with one attached hydrogen (secondary N) is 1. The largest absolute Gasteiger partial charge is 0.481 e. The van der Waals surface area contributed by atoms with E-state index in [9.17, 15) is 9.59 Å². The number of carbonyl (C=O) groups excluding carboxylic acids is 2. The van der Waals surface area contributed by atoms with Crippen molar-refractivity contribution in [2.75, 3.05) is 12.0 Å². The molecule has 24 heavy (non-hydrogen) atoms. The van der Waals surface area contributed by atoms with Gasteiger partial charge in [-0.15, -0.1) is 0 Å². The molecule has 7 nitrogen and oxygen atoms in total. The van der Waals surface area contributed by atoms with Gasteiger partial charge in [0.2, 0.25) is 11.8 Å². The minimum atomic E-state index is -0.397. The van der Waals surface area contributed by atoms with Crippen molar-refractivity contribution < 1.29 is 19.1 Å². The number of fused-ring (bicyclic) bond motifs is 1. The smallest absolute Gasteiger partial charge is 0.414 e. The minimum absolute atomic E-state index is 0.0733. The molecule has 132 valence electrons. The average molecular weight is 335 g/mol. The molecular weight excluding hydrogens is 310 g/mol. The van der Waals surface area contributed by atoms with Gasteiger partial charge in [0.25, 0.3) is 0 Å². The Kier molecular flexibility index (Phi) is 5.64. The first kappa shape index (κ1) is 18.0. The summed E-state index contributed by atoms with van der Waals surface area (Å²) < 4.78 is 10.6. The van der Waals surface area contributed by atoms with Crippen LogP contribution >= 0.6 is 0 Å². The molecule has 0 spiro atoms. The van der Waals surface area contributed by atoms with Crippen LogP contribution in [0.5, 0.6) is 5.88 Å². The quantitative estimate of drug-likeness (QED) is 0.915. The van der Waals surface area contributed by atoms with E-state index >= 15 is 0 Å². The van der Waals surface area contributed by atoms with Crippen LogP contribution in [0.4, 0.5) is 10.5 Å². The van der Waals surface area contributed by atoms with Crippen LogP contribution in [-0.4, -0.2) is 36.2 Å². The van der Waals surface area contributed by atoms with Crippen LogP contribution in [0.3, 0.4) is 0 Å². The molecule has 1 aliphatic heterocycles. The van der Waals surface area contributed by atoms with Gasteiger partial charge < -0.3 is 14.8 Å². The van der Waals surface area contributed by atoms with Crippen molar-refractivity contribution in [2.24, 2.45) is 0 Å². The SMILES string of the molecule is CC[C@H]1C[C@@H](NC(C)=O)c2nc(OC)ccc2N1C(=O)OC(C)C. The second-order valence-corrected chi connectivity index (χ2v) is 6.11. The number of carbonyl (C=O) groups is 2. The summed E-state index contributed by atoms with van der Waals surface area (Å²) in [5.41, 5.74) is 1.27. The van der Waals surface area contributed by atoms with E-state index in [1.165, 1.54) is 14.0 Å². The molecule has 1 aromatic heterocycles. The Balaban J connectivity index is 2.48. The standard InChI is InChI=1S/C17H25N3O4/c1-6-12-9-13(18-11(4)21)16-14(7-8-15(19-16)23-5)20(12)17(22)24-10(2)3/h7-8,10,12-13H,6,9H2,1-5H3,(H,18,21)/t12-,13+/m0/s1. The fraction of sp³-hybridized carbons (Fsp3) is 0.588. The number of pyridine rings is 1. The summed E-state index contributed by atoms with van der Waals surface area (Å²) in [6.07, 6.45) is 0.717. The predicted octanol–water partition coefficient (Wildman–Crippen LogP) is 2.80. The summed E-state index contributed by atoms with van der Waals surface area (Å²) in [4.78, 5) is 30.2. The topological polar surface area (TPSA) is 80.8 Å². The number of nitrogens with zero attached hydrogens (tertiary/aromatic N) is 2. The van der Waals surface area contributed by atoms with Gasteiger partial charge >= 0.3 is 6.09 Å². The van der Waals surface area contributed by atoms with Crippen molar-refractivity contribution in [2.45, 2.75) is 58.7 Å². The summed E-state index contributed by atoms with van der Waals surface area (Å²) in [7, 11) is 1.53. The van der Waals surface area contributed by atoms with Crippen LogP contribution in [-0.2, 0) is 9.53 Å². The van der Waals surface area contributed by atoms with E-state index in [-0.39, 0.29) is 24.1 Å². The van der Waals surface area contributed by atoms with Gasteiger partial charge in [-0.2, -0.15) is 0 Å². The Labute approximate surface area is 142 Å². The number of amides is 2. The van der Waals surface area contributed by atoms with Gasteiger partial charge in [-0.25, -0.2) is 9.78 Å². The molecule has 1 N–H and O–H groups in total. The van der Waals surface area contributed by atoms with Crippen molar-refractivity contribution in [1.29, 1.82) is 0 Å². The van der Waals surface area contributed by atoms with Crippen molar-refractivity contribution in [3.05, 3.63) is 17.8 Å². The van der Waals surface area contributed by atoms with Crippen molar-refractivity contribution in [3.8, 4) is 5.88 Å². The van der Waals surface area contributed by atoms with Gasteiger partial charge in [0.15, 0.2) is 0 Å². The molecule has 0 fully saturated rings. The number of ether oxygens (including phenoxy) is 2. The lowest BCUT2D eigenvalue weighted by Crippen LogP contribution is -2.48. The highest BCUT2D eigenvalue weighted by molar-refractivity contribution is 5.90. The van der Waals surface area contributed by atoms with Crippen LogP contribution in [0.2, 0.25) is 0 Å². The molecule has 2 heterocycles. The zero-order valence-electron chi connectivity index (χ0n) is 14.8. The van der Waals surface area contributed by atoms with Crippen molar-refractivity contribution in [3.63, 3.8) is 0 Å². The first-order valence-corrected chi connectivity index (χ1v) is 8.19. The van der Waals surface area contributed by atoms with E-state index in [4.69, 9.17) is 9.47 Å². The summed E-state index contributed by atoms with van der Waals surface area (Å²) in [6.45, 7) is 7.11. The highest BCUT2D eigenvalue weighted by Gasteiger charge is 2.38. The lowest BCUT2D eigenvalue weighted by molar-refractivity contribution is -0.119. The van der Waals surface area contributed by atoms with Crippen LogP contribution < -0.4 is 15.0 Å². The van der Waals surface area contributed by atoms with E-state index in [0.29, 0.717) is 23.7 Å². The van der Waals surface area contributed by atoms with Crippen molar-refractivity contribution in [1.82, 2.24) is 10.3 Å². The summed E-state index contributed by atoms with van der Waals surface area (Å²) in [5.74, 6) is 0.305. The zero-order valence-corrected chi connectivity index (χ0v) is 14.8. The third-order valence-corrected chi connectivity index (χ3v) is 3.93. The molecule has 0 saturated heterocycles. The van der Waals surface area contributed by atoms with E-state index in [0.717, 1.165) is 6.42 Å². The second kappa shape index (κ2) is 7.51. The number of anilines is 1. The molecule has 7 heteroatoms. The van der Waals surface area contributed by atoms with E-state index in [1.807, 2.05) is 20.8 Å². The Morgan fingerprint density at radius 1 is 1.42 bits per heavy atom. The molecule has 0 radical (unpaired) electrons. The maximum absolute atomic E-state index is 12.6. The number of rotatable bonds is 4. The monoisotopic (exact) mass is 335 g/mol. The summed E-state index contributed by atoms with van der Waals surface area (Å²) in [5, 5.41) is 2.92. The Morgan fingerprint density at radius 3 is 2.67 bits per heavy atom. The molecule has 0 aliphatic carbocycles. The lowest BCUT2D eigenvalue weighted by Gasteiger charge is -2.39. The molecule has 1 aromatic rings. The molecule has 0 aromatic carbocycles. The Morgan fingerprint density at radius 2 is 2.12 bits per heavy atom. The van der Waals surface area contributed by atoms with E-state index in [2.05, 4.69) is 10.3 Å². The molecule has 1 aliphatic rings. The number of methoxy groups -OCH3 is 1. The number of aromatic nitrogens is 1. The van der Waals surface area contributed by atoms with Crippen LogP contribution in [0, 0.1) is 0 Å². The van der Waals surface area contributed by atoms with Crippen LogP contribution in [0.25, 0.3) is 0 Å². The first-order chi connectivity index (χ1) is 11.4. The zero-order chi connectivity index (χ0) is 17.9. The van der Waals surface area contributed by atoms with E-state index in [1.54, 1.807) is 17.0 Å². The Hall–Kier alpha value is -2.31. The lowest BCUT2D eigenvalue weighted by atomic mass is 9.93. The predicted molar refractivity (Wildman–Crippen MR) is 90.1 cm³/mol. The summed E-state index contributed by atoms with van der Waals surface area (Å²) >= 11 is 0. The third-order valence-electron chi connectivity index (χ3n) is 3.93. The van der Waals surface area contributed by atoms with Crippen LogP contribution in [0.15, 0.2) is 12.1 Å². The van der Waals surface area contributed by atoms with Crippen molar-refractivity contribution >= 4 is 17.7 Å². The van der Waals surface area contributed by atoms with Gasteiger partial charge in [0, 0.05) is 19.0 Å². The minimum Gasteiger partial charge on any atom is -0.481 e. The normalized spacial score (nSPS) is 19.7. The third kappa shape index (κ3) is 3.77. The van der Waals surface area contributed by atoms with Gasteiger partial charge in [-0.05, 0) is 32.8 Å². The second-order valence-electron chi connectivity index (χ2n) is 6.11. The molecular formula is C17H25N3O4. The van der Waals surface area contributed by atoms with Gasteiger partial charge in [0.05, 0.1) is 30.6 Å². The fourth-order valence-corrected chi connectivity index (χ4v) is 2.94. The first-order valence-electron chi connectivity index (χ1n) is 8.19. The number of hydrogen-bond donors (Lipinski definition) is 1. The molecule has 2 rings (SSSR count). The maximum Gasteiger partial charge on any atom is 0.414 e. The van der Waals surface area contributed by atoms with Crippen LogP contribution in [0.1, 0.15) is 52.3 Å². The average Bonchev–Trinajstić information content (AvgIpc) is 2.52.